The van der Waals surface area contributed by atoms with Crippen LogP contribution in [0.25, 0.3) is 0 Å². The first-order chi connectivity index (χ1) is 16.6. The van der Waals surface area contributed by atoms with Crippen LogP contribution in [0.4, 0.5) is 26.3 Å². The van der Waals surface area contributed by atoms with Gasteiger partial charge in [0.15, 0.2) is 0 Å². The zero-order chi connectivity index (χ0) is 25.1. The Morgan fingerprint density at radius 1 is 0.886 bits per heavy atom. The van der Waals surface area contributed by atoms with Crippen molar-refractivity contribution < 1.29 is 31.1 Å². The van der Waals surface area contributed by atoms with Crippen LogP contribution in [0.2, 0.25) is 0 Å². The van der Waals surface area contributed by atoms with E-state index in [9.17, 15) is 26.3 Å². The van der Waals surface area contributed by atoms with E-state index in [4.69, 9.17) is 4.74 Å². The summed E-state index contributed by atoms with van der Waals surface area (Å²) in [4.78, 5) is 2.15. The molecule has 0 bridgehead atoms. The summed E-state index contributed by atoms with van der Waals surface area (Å²) in [5.41, 5.74) is -1.18. The zero-order valence-corrected chi connectivity index (χ0v) is 18.6. The van der Waals surface area contributed by atoms with Crippen LogP contribution < -0.4 is 0 Å². The number of piperidine rings is 1. The quantitative estimate of drug-likeness (QED) is 0.369. The van der Waals surface area contributed by atoms with Gasteiger partial charge in [-0.25, -0.2) is 0 Å². The molecule has 2 heterocycles. The lowest BCUT2D eigenvalue weighted by atomic mass is 9.92. The smallest absolute Gasteiger partial charge is 0.372 e. The Kier molecular flexibility index (Phi) is 7.42. The molecule has 0 radical (unpaired) electrons. The third kappa shape index (κ3) is 6.37. The van der Waals surface area contributed by atoms with Crippen LogP contribution in [0.15, 0.2) is 66.9 Å². The number of hydrogen-bond donors (Lipinski definition) is 0. The van der Waals surface area contributed by atoms with Crippen molar-refractivity contribution in [1.82, 2.24) is 15.1 Å². The molecule has 1 aromatic heterocycles. The first-order valence-electron chi connectivity index (χ1n) is 11.1. The summed E-state index contributed by atoms with van der Waals surface area (Å²) in [7, 11) is 0. The summed E-state index contributed by atoms with van der Waals surface area (Å²) in [5, 5.41) is 8.05. The molecule has 1 fully saturated rings. The Bertz CT molecular complexity index is 1070. The second kappa shape index (κ2) is 10.3. The van der Waals surface area contributed by atoms with Gasteiger partial charge in [0.05, 0.1) is 35.6 Å². The molecule has 1 aliphatic rings. The van der Waals surface area contributed by atoms with E-state index in [0.29, 0.717) is 25.1 Å². The van der Waals surface area contributed by atoms with Crippen molar-refractivity contribution in [3.63, 3.8) is 0 Å². The highest BCUT2D eigenvalue weighted by atomic mass is 19.4. The number of likely N-dealkylation sites (tertiary alicyclic amines) is 1. The lowest BCUT2D eigenvalue weighted by Crippen LogP contribution is -2.42. The number of aromatic nitrogens is 2. The van der Waals surface area contributed by atoms with E-state index in [-0.39, 0.29) is 24.3 Å². The largest absolute Gasteiger partial charge is 0.416 e. The molecule has 1 aliphatic heterocycles. The Balaban J connectivity index is 1.60. The fourth-order valence-corrected chi connectivity index (χ4v) is 4.39. The van der Waals surface area contributed by atoms with Gasteiger partial charge in [0.2, 0.25) is 0 Å². The van der Waals surface area contributed by atoms with E-state index >= 15 is 0 Å². The van der Waals surface area contributed by atoms with Gasteiger partial charge in [-0.1, -0.05) is 30.3 Å². The van der Waals surface area contributed by atoms with Crippen LogP contribution in [0.1, 0.15) is 46.8 Å². The van der Waals surface area contributed by atoms with Crippen LogP contribution in [-0.4, -0.2) is 27.7 Å². The maximum Gasteiger partial charge on any atom is 0.416 e. The number of rotatable bonds is 6. The molecule has 0 N–H and O–H groups in total. The maximum atomic E-state index is 13.2. The van der Waals surface area contributed by atoms with Crippen molar-refractivity contribution in [2.75, 3.05) is 6.54 Å². The van der Waals surface area contributed by atoms with Crippen LogP contribution in [-0.2, 0) is 30.2 Å². The first-order valence-corrected chi connectivity index (χ1v) is 11.1. The summed E-state index contributed by atoms with van der Waals surface area (Å²) in [6.07, 6.45) is -7.30. The monoisotopic (exact) mass is 495 g/mol. The maximum absolute atomic E-state index is 13.2. The van der Waals surface area contributed by atoms with E-state index in [1.54, 1.807) is 12.3 Å². The predicted octanol–water partition coefficient (Wildman–Crippen LogP) is 6.44. The van der Waals surface area contributed by atoms with Gasteiger partial charge < -0.3 is 4.74 Å². The molecule has 10 heteroatoms. The SMILES string of the molecule is FC(F)(F)c1cc(CO[C@H]2CCCN(Cc3cccnn3)[C@H]2c2ccccc2)cc(C(F)(F)F)c1. The van der Waals surface area contributed by atoms with Crippen LogP contribution in [0.3, 0.4) is 0 Å². The number of halogens is 6. The van der Waals surface area contributed by atoms with E-state index in [1.807, 2.05) is 36.4 Å². The van der Waals surface area contributed by atoms with Crippen molar-refractivity contribution in [2.24, 2.45) is 0 Å². The minimum absolute atomic E-state index is 0.125. The Morgan fingerprint density at radius 3 is 2.17 bits per heavy atom. The van der Waals surface area contributed by atoms with E-state index in [2.05, 4.69) is 15.1 Å². The summed E-state index contributed by atoms with van der Waals surface area (Å²) in [5.74, 6) is 0. The molecule has 0 amide bonds. The summed E-state index contributed by atoms with van der Waals surface area (Å²) in [6.45, 7) is 0.840. The molecule has 4 rings (SSSR count). The summed E-state index contributed by atoms with van der Waals surface area (Å²) >= 11 is 0. The van der Waals surface area contributed by atoms with E-state index in [0.717, 1.165) is 24.2 Å². The molecule has 35 heavy (non-hydrogen) atoms. The molecule has 0 saturated carbocycles. The lowest BCUT2D eigenvalue weighted by molar-refractivity contribution is -0.143. The summed E-state index contributed by atoms with van der Waals surface area (Å²) in [6, 6.07) is 14.4. The molecule has 0 aliphatic carbocycles. The van der Waals surface area contributed by atoms with Crippen molar-refractivity contribution >= 4 is 0 Å². The van der Waals surface area contributed by atoms with Gasteiger partial charge in [0.1, 0.15) is 0 Å². The van der Waals surface area contributed by atoms with Crippen molar-refractivity contribution in [1.29, 1.82) is 0 Å². The third-order valence-corrected chi connectivity index (χ3v) is 5.92. The lowest BCUT2D eigenvalue weighted by Gasteiger charge is -2.41. The van der Waals surface area contributed by atoms with Gasteiger partial charge in [0, 0.05) is 12.7 Å². The molecule has 4 nitrogen and oxygen atoms in total. The average Bonchev–Trinajstić information content (AvgIpc) is 2.83. The van der Waals surface area contributed by atoms with E-state index < -0.39 is 29.6 Å². The van der Waals surface area contributed by atoms with Crippen LogP contribution in [0.5, 0.6) is 0 Å². The zero-order valence-electron chi connectivity index (χ0n) is 18.6. The summed E-state index contributed by atoms with van der Waals surface area (Å²) < 4.78 is 85.5. The molecule has 186 valence electrons. The molecule has 2 atom stereocenters. The Labute approximate surface area is 198 Å². The van der Waals surface area contributed by atoms with Crippen molar-refractivity contribution in [2.45, 2.75) is 50.5 Å². The van der Waals surface area contributed by atoms with E-state index in [1.165, 1.54) is 0 Å². The fourth-order valence-electron chi connectivity index (χ4n) is 4.39. The van der Waals surface area contributed by atoms with Gasteiger partial charge >= 0.3 is 12.4 Å². The highest BCUT2D eigenvalue weighted by molar-refractivity contribution is 5.33. The molecule has 2 aromatic carbocycles. The van der Waals surface area contributed by atoms with Crippen LogP contribution >= 0.6 is 0 Å². The van der Waals surface area contributed by atoms with Gasteiger partial charge in [-0.2, -0.15) is 36.5 Å². The fraction of sp³-hybridized carbons (Fsp3) is 0.360. The second-order valence-electron chi connectivity index (χ2n) is 8.45. The Hall–Kier alpha value is -2.98. The topological polar surface area (TPSA) is 38.2 Å². The molecular formula is C25H23F6N3O. The Morgan fingerprint density at radius 2 is 1.57 bits per heavy atom. The molecule has 0 spiro atoms. The van der Waals surface area contributed by atoms with Gasteiger partial charge in [-0.3, -0.25) is 4.90 Å². The number of hydrogen-bond acceptors (Lipinski definition) is 4. The van der Waals surface area contributed by atoms with Gasteiger partial charge in [-0.05, 0) is 60.8 Å². The number of nitrogens with zero attached hydrogens (tertiary/aromatic N) is 3. The number of benzene rings is 2. The highest BCUT2D eigenvalue weighted by Crippen LogP contribution is 2.38. The third-order valence-electron chi connectivity index (χ3n) is 5.92. The van der Waals surface area contributed by atoms with Crippen LogP contribution in [0, 0.1) is 0 Å². The van der Waals surface area contributed by atoms with Crippen molar-refractivity contribution in [3.8, 4) is 0 Å². The first kappa shape index (κ1) is 25.1. The standard InChI is InChI=1S/C25H23F6N3O/c26-24(27,28)19-12-17(13-20(14-19)25(29,30)31)16-35-22-9-5-11-34(15-21-8-4-10-32-33-21)23(22)18-6-2-1-3-7-18/h1-4,6-8,10,12-14,22-23H,5,9,11,15-16H2/t22-,23-/m0/s1. The van der Waals surface area contributed by atoms with Gasteiger partial charge in [0.25, 0.3) is 0 Å². The molecule has 3 aromatic rings. The highest BCUT2D eigenvalue weighted by Gasteiger charge is 2.38. The predicted molar refractivity (Wildman–Crippen MR) is 116 cm³/mol. The molecular weight excluding hydrogens is 472 g/mol. The number of ether oxygens (including phenoxy) is 1. The molecule has 0 unspecified atom stereocenters. The van der Waals surface area contributed by atoms with Crippen molar-refractivity contribution in [3.05, 3.63) is 94.8 Å². The molecule has 1 saturated heterocycles. The van der Waals surface area contributed by atoms with Gasteiger partial charge in [-0.15, -0.1) is 0 Å². The number of alkyl halides is 6. The minimum Gasteiger partial charge on any atom is -0.372 e. The second-order valence-corrected chi connectivity index (χ2v) is 8.45. The minimum atomic E-state index is -4.90. The normalized spacial score (nSPS) is 19.6. The average molecular weight is 495 g/mol.